The highest BCUT2D eigenvalue weighted by Crippen LogP contribution is 2.44. The van der Waals surface area contributed by atoms with Crippen LogP contribution in [0.3, 0.4) is 0 Å². The van der Waals surface area contributed by atoms with Gasteiger partial charge < -0.3 is 4.43 Å². The van der Waals surface area contributed by atoms with Crippen LogP contribution in [0.25, 0.3) is 0 Å². The Hall–Kier alpha value is -0.126. The summed E-state index contributed by atoms with van der Waals surface area (Å²) in [5, 5.41) is 0. The van der Waals surface area contributed by atoms with Gasteiger partial charge in [-0.05, 0) is 58.0 Å². The Morgan fingerprint density at radius 3 is 1.90 bits per heavy atom. The molecule has 0 N–H and O–H groups in total. The van der Waals surface area contributed by atoms with Crippen LogP contribution in [0, 0.1) is 0 Å². The van der Waals surface area contributed by atoms with E-state index in [0.29, 0.717) is 0 Å². The van der Waals surface area contributed by atoms with E-state index in [4.69, 9.17) is 4.43 Å². The van der Waals surface area contributed by atoms with E-state index in [-0.39, 0.29) is 5.60 Å². The predicted octanol–water partition coefficient (Wildman–Crippen LogP) is 5.85. The average molecular weight is 311 g/mol. The lowest BCUT2D eigenvalue weighted by molar-refractivity contribution is 0.0317. The molecule has 0 saturated carbocycles. The van der Waals surface area contributed by atoms with E-state index < -0.39 is 15.4 Å². The monoisotopic (exact) mass is 310 g/mol. The van der Waals surface area contributed by atoms with Gasteiger partial charge in [-0.3, -0.25) is 0 Å². The van der Waals surface area contributed by atoms with Gasteiger partial charge in [0.25, 0.3) is 0 Å². The molecule has 0 bridgehead atoms. The molecule has 0 aromatic rings. The molecule has 1 rings (SSSR count). The lowest BCUT2D eigenvalue weighted by Crippen LogP contribution is -2.65. The second-order valence-corrected chi connectivity index (χ2v) is 22.7. The lowest BCUT2D eigenvalue weighted by Gasteiger charge is -2.52. The van der Waals surface area contributed by atoms with E-state index in [1.165, 1.54) is 38.1 Å². The molecule has 0 aromatic heterocycles. The van der Waals surface area contributed by atoms with Crippen molar-refractivity contribution < 1.29 is 4.43 Å². The number of rotatable bonds is 8. The molecule has 1 aliphatic heterocycles. The Bertz CT molecular complexity index is 320. The van der Waals surface area contributed by atoms with Crippen molar-refractivity contribution in [2.24, 2.45) is 0 Å². The summed E-state index contributed by atoms with van der Waals surface area (Å²) in [6, 6.07) is 1.45. The zero-order chi connectivity index (χ0) is 15.3. The molecule has 0 aromatic carbocycles. The molecular formula is C17H34OSi2. The average Bonchev–Trinajstić information content (AvgIpc) is 2.35. The highest BCUT2D eigenvalue weighted by molar-refractivity contribution is 7.38. The van der Waals surface area contributed by atoms with E-state index in [2.05, 4.69) is 39.3 Å². The predicted molar refractivity (Wildman–Crippen MR) is 96.3 cm³/mol. The molecule has 0 amide bonds. The Balaban J connectivity index is 2.77. The van der Waals surface area contributed by atoms with E-state index in [1.807, 2.05) is 12.2 Å². The minimum absolute atomic E-state index is 0.171. The van der Waals surface area contributed by atoms with Crippen molar-refractivity contribution in [1.29, 1.82) is 0 Å². The fourth-order valence-electron chi connectivity index (χ4n) is 3.19. The Morgan fingerprint density at radius 2 is 1.50 bits per heavy atom. The van der Waals surface area contributed by atoms with Gasteiger partial charge in [0.2, 0.25) is 0 Å². The van der Waals surface area contributed by atoms with Crippen molar-refractivity contribution in [3.8, 4) is 0 Å². The molecule has 1 saturated heterocycles. The van der Waals surface area contributed by atoms with Crippen molar-refractivity contribution in [1.82, 2.24) is 0 Å². The third kappa shape index (κ3) is 4.44. The second kappa shape index (κ2) is 7.23. The minimum atomic E-state index is -1.49. The van der Waals surface area contributed by atoms with Crippen molar-refractivity contribution >= 4 is 15.4 Å². The summed E-state index contributed by atoms with van der Waals surface area (Å²) in [5.74, 6) is 0. The van der Waals surface area contributed by atoms with Crippen LogP contribution in [0.5, 0.6) is 0 Å². The first-order valence-electron chi connectivity index (χ1n) is 8.21. The molecule has 0 spiro atoms. The standard InChI is InChI=1S/C17H34OSi2/c1-7-9-11-13-17(14-12-10-8-2)15-16-19(3,4)20(5,6)18-17/h7-8H,1-2,9-16H2,3-6H3. The molecule has 0 aliphatic carbocycles. The fourth-order valence-corrected chi connectivity index (χ4v) is 10.2. The van der Waals surface area contributed by atoms with E-state index in [0.717, 1.165) is 12.8 Å². The quantitative estimate of drug-likeness (QED) is 0.310. The van der Waals surface area contributed by atoms with Crippen LogP contribution in [0.1, 0.15) is 44.9 Å². The molecule has 1 heterocycles. The van der Waals surface area contributed by atoms with Crippen LogP contribution in [0.15, 0.2) is 25.3 Å². The van der Waals surface area contributed by atoms with Crippen LogP contribution in [0.4, 0.5) is 0 Å². The normalized spacial score (nSPS) is 23.2. The molecule has 1 aliphatic rings. The van der Waals surface area contributed by atoms with Crippen LogP contribution in [-0.2, 0) is 4.43 Å². The van der Waals surface area contributed by atoms with E-state index >= 15 is 0 Å². The first-order valence-corrected chi connectivity index (χ1v) is 15.3. The zero-order valence-corrected chi connectivity index (χ0v) is 16.1. The fraction of sp³-hybridized carbons (Fsp3) is 0.765. The Kier molecular flexibility index (Phi) is 6.48. The van der Waals surface area contributed by atoms with E-state index in [1.54, 1.807) is 0 Å². The summed E-state index contributed by atoms with van der Waals surface area (Å²) in [4.78, 5) is 0. The first kappa shape index (κ1) is 17.9. The smallest absolute Gasteiger partial charge is 0.174 e. The third-order valence-electron chi connectivity index (χ3n) is 5.39. The van der Waals surface area contributed by atoms with Gasteiger partial charge in [-0.1, -0.05) is 31.3 Å². The summed E-state index contributed by atoms with van der Waals surface area (Å²) in [7, 11) is -2.61. The number of unbranched alkanes of at least 4 members (excludes halogenated alkanes) is 2. The first-order chi connectivity index (χ1) is 9.29. The van der Waals surface area contributed by atoms with Gasteiger partial charge in [-0.25, -0.2) is 0 Å². The van der Waals surface area contributed by atoms with Crippen LogP contribution < -0.4 is 0 Å². The third-order valence-corrected chi connectivity index (χ3v) is 21.9. The summed E-state index contributed by atoms with van der Waals surface area (Å²) in [5.41, 5.74) is 0.171. The summed E-state index contributed by atoms with van der Waals surface area (Å²) < 4.78 is 6.90. The van der Waals surface area contributed by atoms with Crippen LogP contribution in [0.2, 0.25) is 32.2 Å². The van der Waals surface area contributed by atoms with Gasteiger partial charge >= 0.3 is 0 Å². The molecule has 20 heavy (non-hydrogen) atoms. The van der Waals surface area contributed by atoms with Gasteiger partial charge in [0.05, 0.1) is 13.2 Å². The Labute approximate surface area is 128 Å². The number of allylic oxidation sites excluding steroid dienone is 2. The molecule has 116 valence electrons. The summed E-state index contributed by atoms with van der Waals surface area (Å²) >= 11 is 0. The SMILES string of the molecule is C=CCCCC1(CCCC=C)CC[Si](C)(C)[Si](C)(C)O1. The molecule has 0 atom stereocenters. The van der Waals surface area contributed by atoms with Gasteiger partial charge in [-0.2, -0.15) is 0 Å². The highest BCUT2D eigenvalue weighted by Gasteiger charge is 2.52. The van der Waals surface area contributed by atoms with Gasteiger partial charge in [-0.15, -0.1) is 13.2 Å². The van der Waals surface area contributed by atoms with Crippen molar-refractivity contribution in [3.05, 3.63) is 25.3 Å². The molecule has 1 nitrogen and oxygen atoms in total. The van der Waals surface area contributed by atoms with Crippen LogP contribution >= 0.6 is 0 Å². The summed E-state index contributed by atoms with van der Waals surface area (Å²) in [6.07, 6.45) is 12.5. The van der Waals surface area contributed by atoms with Gasteiger partial charge in [0, 0.05) is 0 Å². The second-order valence-electron chi connectivity index (χ2n) is 7.54. The molecule has 3 heteroatoms. The lowest BCUT2D eigenvalue weighted by atomic mass is 9.88. The summed E-state index contributed by atoms with van der Waals surface area (Å²) in [6.45, 7) is 17.7. The Morgan fingerprint density at radius 1 is 1.00 bits per heavy atom. The maximum absolute atomic E-state index is 6.90. The minimum Gasteiger partial charge on any atom is -0.415 e. The number of hydrogen-bond donors (Lipinski definition) is 0. The van der Waals surface area contributed by atoms with Gasteiger partial charge in [0.1, 0.15) is 0 Å². The topological polar surface area (TPSA) is 9.23 Å². The maximum Gasteiger partial charge on any atom is 0.174 e. The molecule has 0 unspecified atom stereocenters. The highest BCUT2D eigenvalue weighted by atomic mass is 29.3. The zero-order valence-electron chi connectivity index (χ0n) is 14.1. The van der Waals surface area contributed by atoms with Crippen LogP contribution in [-0.4, -0.2) is 21.0 Å². The molecule has 1 fully saturated rings. The van der Waals surface area contributed by atoms with E-state index in [9.17, 15) is 0 Å². The van der Waals surface area contributed by atoms with Crippen molar-refractivity contribution in [3.63, 3.8) is 0 Å². The van der Waals surface area contributed by atoms with Gasteiger partial charge in [0.15, 0.2) is 7.83 Å². The molecule has 0 radical (unpaired) electrons. The molecular weight excluding hydrogens is 276 g/mol. The largest absolute Gasteiger partial charge is 0.415 e. The maximum atomic E-state index is 6.90. The van der Waals surface area contributed by atoms with Crippen molar-refractivity contribution in [2.45, 2.75) is 82.8 Å². The number of hydrogen-bond acceptors (Lipinski definition) is 1. The van der Waals surface area contributed by atoms with Crippen molar-refractivity contribution in [2.75, 3.05) is 0 Å².